The van der Waals surface area contributed by atoms with E-state index in [1.165, 1.54) is 25.7 Å². The molecule has 0 aromatic rings. The predicted molar refractivity (Wildman–Crippen MR) is 39.7 cm³/mol. The molecule has 2 aliphatic rings. The summed E-state index contributed by atoms with van der Waals surface area (Å²) in [5.74, 6) is 0. The molecule has 2 saturated carbocycles. The zero-order valence-corrected chi connectivity index (χ0v) is 6.47. The topological polar surface area (TPSA) is 35.2 Å². The Hall–Kier alpha value is -0.0800. The van der Waals surface area contributed by atoms with Crippen molar-refractivity contribution in [1.82, 2.24) is 0 Å². The Morgan fingerprint density at radius 1 is 1.30 bits per heavy atom. The van der Waals surface area contributed by atoms with Crippen LogP contribution in [-0.2, 0) is 4.74 Å². The lowest BCUT2D eigenvalue weighted by Crippen LogP contribution is -2.55. The summed E-state index contributed by atoms with van der Waals surface area (Å²) in [4.78, 5) is 0. The lowest BCUT2D eigenvalue weighted by atomic mass is 9.53. The molecule has 0 saturated heterocycles. The minimum absolute atomic E-state index is 0.498. The molecular weight excluding hydrogens is 126 g/mol. The van der Waals surface area contributed by atoms with Gasteiger partial charge in [0.15, 0.2) is 0 Å². The monoisotopic (exact) mass is 141 g/mol. The zero-order chi connectivity index (χ0) is 7.19. The summed E-state index contributed by atoms with van der Waals surface area (Å²) in [5, 5.41) is 0. The quantitative estimate of drug-likeness (QED) is 0.589. The van der Waals surface area contributed by atoms with Crippen molar-refractivity contribution >= 4 is 0 Å². The van der Waals surface area contributed by atoms with Gasteiger partial charge in [0.25, 0.3) is 0 Å². The molecule has 58 valence electrons. The summed E-state index contributed by atoms with van der Waals surface area (Å²) >= 11 is 0. The van der Waals surface area contributed by atoms with Crippen LogP contribution in [0.15, 0.2) is 0 Å². The number of ether oxygens (including phenoxy) is 1. The SMILES string of the molecule is COC1CC2(CC(N)C2)C1. The average Bonchev–Trinajstić information content (AvgIpc) is 1.74. The van der Waals surface area contributed by atoms with E-state index in [-0.39, 0.29) is 0 Å². The molecule has 1 spiro atoms. The molecule has 0 heterocycles. The van der Waals surface area contributed by atoms with E-state index in [4.69, 9.17) is 10.5 Å². The molecule has 0 aromatic heterocycles. The molecule has 10 heavy (non-hydrogen) atoms. The van der Waals surface area contributed by atoms with Gasteiger partial charge in [-0.3, -0.25) is 0 Å². The van der Waals surface area contributed by atoms with E-state index in [0.29, 0.717) is 17.6 Å². The van der Waals surface area contributed by atoms with Gasteiger partial charge in [-0.05, 0) is 31.1 Å². The van der Waals surface area contributed by atoms with Gasteiger partial charge in [0.1, 0.15) is 0 Å². The second kappa shape index (κ2) is 1.95. The summed E-state index contributed by atoms with van der Waals surface area (Å²) in [7, 11) is 1.80. The highest BCUT2D eigenvalue weighted by molar-refractivity contribution is 5.05. The smallest absolute Gasteiger partial charge is 0.0582 e. The molecular formula is C8H15NO. The molecule has 2 fully saturated rings. The van der Waals surface area contributed by atoms with Crippen LogP contribution >= 0.6 is 0 Å². The fourth-order valence-corrected chi connectivity index (χ4v) is 2.46. The Morgan fingerprint density at radius 3 is 2.30 bits per heavy atom. The third kappa shape index (κ3) is 0.789. The summed E-state index contributed by atoms with van der Waals surface area (Å²) in [6.07, 6.45) is 5.56. The van der Waals surface area contributed by atoms with Crippen LogP contribution in [0.1, 0.15) is 25.7 Å². The van der Waals surface area contributed by atoms with Crippen LogP contribution in [-0.4, -0.2) is 19.3 Å². The van der Waals surface area contributed by atoms with Gasteiger partial charge < -0.3 is 10.5 Å². The highest BCUT2D eigenvalue weighted by Gasteiger charge is 2.51. The maximum absolute atomic E-state index is 5.71. The second-order valence-corrected chi connectivity index (χ2v) is 3.93. The van der Waals surface area contributed by atoms with Gasteiger partial charge >= 0.3 is 0 Å². The Kier molecular flexibility index (Phi) is 1.29. The fraction of sp³-hybridized carbons (Fsp3) is 1.00. The first-order valence-corrected chi connectivity index (χ1v) is 4.02. The number of rotatable bonds is 1. The highest BCUT2D eigenvalue weighted by Crippen LogP contribution is 2.55. The summed E-state index contributed by atoms with van der Waals surface area (Å²) in [6.45, 7) is 0. The predicted octanol–water partition coefficient (Wildman–Crippen LogP) is 0.903. The molecule has 2 aliphatic carbocycles. The standard InChI is InChI=1S/C8H15NO/c1-10-7-4-8(5-7)2-6(9)3-8/h6-7H,2-5,9H2,1H3. The van der Waals surface area contributed by atoms with E-state index >= 15 is 0 Å². The van der Waals surface area contributed by atoms with Crippen molar-refractivity contribution in [3.63, 3.8) is 0 Å². The number of hydrogen-bond donors (Lipinski definition) is 1. The maximum Gasteiger partial charge on any atom is 0.0582 e. The number of hydrogen-bond acceptors (Lipinski definition) is 2. The van der Waals surface area contributed by atoms with E-state index in [2.05, 4.69) is 0 Å². The highest BCUT2D eigenvalue weighted by atomic mass is 16.5. The Balaban J connectivity index is 1.80. The minimum Gasteiger partial charge on any atom is -0.381 e. The normalized spacial score (nSPS) is 52.2. The molecule has 0 unspecified atom stereocenters. The van der Waals surface area contributed by atoms with Crippen LogP contribution in [0.4, 0.5) is 0 Å². The molecule has 2 N–H and O–H groups in total. The summed E-state index contributed by atoms with van der Waals surface area (Å²) in [6, 6.07) is 0.498. The van der Waals surface area contributed by atoms with Crippen LogP contribution in [0.25, 0.3) is 0 Å². The van der Waals surface area contributed by atoms with Gasteiger partial charge in [-0.2, -0.15) is 0 Å². The van der Waals surface area contributed by atoms with Crippen LogP contribution in [0.3, 0.4) is 0 Å². The van der Waals surface area contributed by atoms with E-state index in [0.717, 1.165) is 0 Å². The van der Waals surface area contributed by atoms with Gasteiger partial charge in [0.05, 0.1) is 6.10 Å². The second-order valence-electron chi connectivity index (χ2n) is 3.93. The van der Waals surface area contributed by atoms with Crippen LogP contribution in [0.5, 0.6) is 0 Å². The minimum atomic E-state index is 0.498. The van der Waals surface area contributed by atoms with Crippen molar-refractivity contribution in [2.24, 2.45) is 11.1 Å². The molecule has 0 aromatic carbocycles. The molecule has 0 amide bonds. The van der Waals surface area contributed by atoms with Crippen LogP contribution in [0, 0.1) is 5.41 Å². The van der Waals surface area contributed by atoms with E-state index in [1.54, 1.807) is 7.11 Å². The Labute approximate surface area is 61.7 Å². The first-order chi connectivity index (χ1) is 4.74. The summed E-state index contributed by atoms with van der Waals surface area (Å²) < 4.78 is 5.21. The molecule has 2 nitrogen and oxygen atoms in total. The van der Waals surface area contributed by atoms with Crippen molar-refractivity contribution in [1.29, 1.82) is 0 Å². The van der Waals surface area contributed by atoms with Gasteiger partial charge in [-0.25, -0.2) is 0 Å². The van der Waals surface area contributed by atoms with Gasteiger partial charge in [-0.1, -0.05) is 0 Å². The fourth-order valence-electron chi connectivity index (χ4n) is 2.46. The van der Waals surface area contributed by atoms with Crippen molar-refractivity contribution < 1.29 is 4.74 Å². The molecule has 2 heteroatoms. The molecule has 0 atom stereocenters. The van der Waals surface area contributed by atoms with Gasteiger partial charge in [-0.15, -0.1) is 0 Å². The van der Waals surface area contributed by atoms with Gasteiger partial charge in [0, 0.05) is 13.2 Å². The van der Waals surface area contributed by atoms with Crippen molar-refractivity contribution in [2.75, 3.05) is 7.11 Å². The van der Waals surface area contributed by atoms with Crippen molar-refractivity contribution in [3.05, 3.63) is 0 Å². The van der Waals surface area contributed by atoms with E-state index < -0.39 is 0 Å². The van der Waals surface area contributed by atoms with Gasteiger partial charge in [0.2, 0.25) is 0 Å². The largest absolute Gasteiger partial charge is 0.381 e. The van der Waals surface area contributed by atoms with E-state index in [9.17, 15) is 0 Å². The zero-order valence-electron chi connectivity index (χ0n) is 6.47. The number of methoxy groups -OCH3 is 1. The Bertz CT molecular complexity index is 132. The molecule has 0 radical (unpaired) electrons. The van der Waals surface area contributed by atoms with Crippen LogP contribution < -0.4 is 5.73 Å². The van der Waals surface area contributed by atoms with E-state index in [1.807, 2.05) is 0 Å². The molecule has 0 bridgehead atoms. The average molecular weight is 141 g/mol. The Morgan fingerprint density at radius 2 is 1.90 bits per heavy atom. The first-order valence-electron chi connectivity index (χ1n) is 4.02. The molecule has 2 rings (SSSR count). The lowest BCUT2D eigenvalue weighted by molar-refractivity contribution is -0.108. The molecule has 0 aliphatic heterocycles. The number of nitrogens with two attached hydrogens (primary N) is 1. The lowest BCUT2D eigenvalue weighted by Gasteiger charge is -2.56. The third-order valence-electron chi connectivity index (χ3n) is 3.05. The summed E-state index contributed by atoms with van der Waals surface area (Å²) in [5.41, 5.74) is 6.35. The van der Waals surface area contributed by atoms with Crippen molar-refractivity contribution in [3.8, 4) is 0 Å². The van der Waals surface area contributed by atoms with Crippen molar-refractivity contribution in [2.45, 2.75) is 37.8 Å². The van der Waals surface area contributed by atoms with Crippen LogP contribution in [0.2, 0.25) is 0 Å². The first kappa shape index (κ1) is 6.62. The third-order valence-corrected chi connectivity index (χ3v) is 3.05. The maximum atomic E-state index is 5.71.